The molecule has 1 fully saturated rings. The summed E-state index contributed by atoms with van der Waals surface area (Å²) in [6.45, 7) is 3.64. The SMILES string of the molecule is C[C@@H]1CNC[C@H]1C(=O)NC1C=CC(C(=O)O)C1. The van der Waals surface area contributed by atoms with E-state index in [1.54, 1.807) is 12.2 Å². The summed E-state index contributed by atoms with van der Waals surface area (Å²) >= 11 is 0. The average molecular weight is 238 g/mol. The maximum Gasteiger partial charge on any atom is 0.310 e. The van der Waals surface area contributed by atoms with E-state index in [2.05, 4.69) is 17.6 Å². The summed E-state index contributed by atoms with van der Waals surface area (Å²) in [5.74, 6) is -0.903. The number of carbonyl (C=O) groups is 2. The fourth-order valence-corrected chi connectivity index (χ4v) is 2.44. The van der Waals surface area contributed by atoms with Gasteiger partial charge in [0.1, 0.15) is 0 Å². The summed E-state index contributed by atoms with van der Waals surface area (Å²) in [5, 5.41) is 14.9. The molecular weight excluding hydrogens is 220 g/mol. The molecule has 1 heterocycles. The molecule has 0 radical (unpaired) electrons. The lowest BCUT2D eigenvalue weighted by atomic mass is 9.97. The van der Waals surface area contributed by atoms with Gasteiger partial charge in [-0.2, -0.15) is 0 Å². The molecule has 0 bridgehead atoms. The third-order valence-electron chi connectivity index (χ3n) is 3.58. The minimum atomic E-state index is -0.825. The van der Waals surface area contributed by atoms with E-state index in [0.717, 1.165) is 6.54 Å². The first-order chi connectivity index (χ1) is 8.08. The Labute approximate surface area is 100 Å². The van der Waals surface area contributed by atoms with Crippen molar-refractivity contribution in [2.24, 2.45) is 17.8 Å². The molecule has 1 saturated heterocycles. The molecule has 0 spiro atoms. The Balaban J connectivity index is 1.84. The number of hydrogen-bond donors (Lipinski definition) is 3. The van der Waals surface area contributed by atoms with Crippen molar-refractivity contribution in [1.29, 1.82) is 0 Å². The van der Waals surface area contributed by atoms with Gasteiger partial charge in [0.05, 0.1) is 11.8 Å². The van der Waals surface area contributed by atoms with Crippen molar-refractivity contribution in [3.63, 3.8) is 0 Å². The first kappa shape index (κ1) is 12.1. The van der Waals surface area contributed by atoms with Crippen LogP contribution in [-0.4, -0.2) is 36.1 Å². The highest BCUT2D eigenvalue weighted by Gasteiger charge is 2.32. The summed E-state index contributed by atoms with van der Waals surface area (Å²) in [6.07, 6.45) is 3.91. The molecule has 5 nitrogen and oxygen atoms in total. The molecule has 2 aliphatic rings. The molecule has 1 amide bonds. The van der Waals surface area contributed by atoms with Crippen LogP contribution in [0.4, 0.5) is 0 Å². The molecule has 0 aromatic carbocycles. The van der Waals surface area contributed by atoms with E-state index in [9.17, 15) is 9.59 Å². The highest BCUT2D eigenvalue weighted by molar-refractivity contribution is 5.80. The first-order valence-corrected chi connectivity index (χ1v) is 6.00. The second kappa shape index (κ2) is 4.87. The first-order valence-electron chi connectivity index (χ1n) is 6.00. The standard InChI is InChI=1S/C12H18N2O3/c1-7-5-13-6-10(7)11(15)14-9-3-2-8(4-9)12(16)17/h2-3,7-10,13H,4-6H2,1H3,(H,14,15)(H,16,17)/t7-,8?,9?,10-/m1/s1. The molecule has 94 valence electrons. The normalized spacial score (nSPS) is 36.1. The van der Waals surface area contributed by atoms with E-state index in [1.807, 2.05) is 0 Å². The molecule has 2 rings (SSSR count). The van der Waals surface area contributed by atoms with Crippen LogP contribution in [0.3, 0.4) is 0 Å². The van der Waals surface area contributed by atoms with Crippen LogP contribution in [0.1, 0.15) is 13.3 Å². The highest BCUT2D eigenvalue weighted by Crippen LogP contribution is 2.20. The Morgan fingerprint density at radius 3 is 2.65 bits per heavy atom. The molecule has 0 aromatic rings. The van der Waals surface area contributed by atoms with E-state index in [1.165, 1.54) is 0 Å². The summed E-state index contributed by atoms with van der Waals surface area (Å²) in [6, 6.07) is -0.128. The average Bonchev–Trinajstić information content (AvgIpc) is 2.86. The van der Waals surface area contributed by atoms with Gasteiger partial charge in [-0.15, -0.1) is 0 Å². The van der Waals surface area contributed by atoms with Gasteiger partial charge in [-0.05, 0) is 18.9 Å². The Bertz CT molecular complexity index is 354. The van der Waals surface area contributed by atoms with Gasteiger partial charge >= 0.3 is 5.97 Å². The lowest BCUT2D eigenvalue weighted by molar-refractivity contribution is -0.140. The maximum atomic E-state index is 12.0. The smallest absolute Gasteiger partial charge is 0.310 e. The third kappa shape index (κ3) is 2.66. The second-order valence-corrected chi connectivity index (χ2v) is 4.92. The van der Waals surface area contributed by atoms with E-state index < -0.39 is 11.9 Å². The zero-order valence-electron chi connectivity index (χ0n) is 9.85. The molecule has 4 atom stereocenters. The van der Waals surface area contributed by atoms with Gasteiger partial charge in [-0.3, -0.25) is 9.59 Å². The number of aliphatic carboxylic acids is 1. The van der Waals surface area contributed by atoms with Crippen LogP contribution >= 0.6 is 0 Å². The third-order valence-corrected chi connectivity index (χ3v) is 3.58. The van der Waals surface area contributed by atoms with Crippen molar-refractivity contribution in [2.75, 3.05) is 13.1 Å². The van der Waals surface area contributed by atoms with Crippen LogP contribution in [0.2, 0.25) is 0 Å². The van der Waals surface area contributed by atoms with Crippen molar-refractivity contribution in [3.8, 4) is 0 Å². The largest absolute Gasteiger partial charge is 0.481 e. The van der Waals surface area contributed by atoms with Gasteiger partial charge in [0, 0.05) is 12.6 Å². The minimum absolute atomic E-state index is 0.00674. The summed E-state index contributed by atoms with van der Waals surface area (Å²) < 4.78 is 0. The second-order valence-electron chi connectivity index (χ2n) is 4.92. The lowest BCUT2D eigenvalue weighted by Crippen LogP contribution is -2.40. The Morgan fingerprint density at radius 2 is 2.12 bits per heavy atom. The molecule has 3 N–H and O–H groups in total. The summed E-state index contributed by atoms with van der Waals surface area (Å²) in [7, 11) is 0. The molecule has 2 unspecified atom stereocenters. The lowest BCUT2D eigenvalue weighted by Gasteiger charge is -2.18. The van der Waals surface area contributed by atoms with Crippen molar-refractivity contribution >= 4 is 11.9 Å². The van der Waals surface area contributed by atoms with Gasteiger partial charge in [-0.25, -0.2) is 0 Å². The summed E-state index contributed by atoms with van der Waals surface area (Å²) in [5.41, 5.74) is 0. The molecule has 5 heteroatoms. The number of carbonyl (C=O) groups excluding carboxylic acids is 1. The fraction of sp³-hybridized carbons (Fsp3) is 0.667. The number of amides is 1. The van der Waals surface area contributed by atoms with Gasteiger partial charge < -0.3 is 15.7 Å². The van der Waals surface area contributed by atoms with Crippen molar-refractivity contribution < 1.29 is 14.7 Å². The van der Waals surface area contributed by atoms with Crippen molar-refractivity contribution in [1.82, 2.24) is 10.6 Å². The molecule has 0 saturated carbocycles. The van der Waals surface area contributed by atoms with Gasteiger partial charge in [-0.1, -0.05) is 19.1 Å². The maximum absolute atomic E-state index is 12.0. The Morgan fingerprint density at radius 1 is 1.35 bits per heavy atom. The van der Waals surface area contributed by atoms with E-state index in [4.69, 9.17) is 5.11 Å². The number of rotatable bonds is 3. The Kier molecular flexibility index (Phi) is 3.47. The summed E-state index contributed by atoms with van der Waals surface area (Å²) in [4.78, 5) is 22.7. The molecule has 0 aromatic heterocycles. The molecular formula is C12H18N2O3. The van der Waals surface area contributed by atoms with Crippen molar-refractivity contribution in [2.45, 2.75) is 19.4 Å². The predicted octanol–water partition coefficient (Wildman–Crippen LogP) is -0.0126. The highest BCUT2D eigenvalue weighted by atomic mass is 16.4. The van der Waals surface area contributed by atoms with E-state index in [-0.39, 0.29) is 17.9 Å². The number of carboxylic acid groups (broad SMARTS) is 1. The van der Waals surface area contributed by atoms with Crippen LogP contribution in [0.25, 0.3) is 0 Å². The van der Waals surface area contributed by atoms with Crippen LogP contribution in [-0.2, 0) is 9.59 Å². The van der Waals surface area contributed by atoms with Gasteiger partial charge in [0.2, 0.25) is 5.91 Å². The van der Waals surface area contributed by atoms with E-state index >= 15 is 0 Å². The van der Waals surface area contributed by atoms with Gasteiger partial charge in [0.15, 0.2) is 0 Å². The zero-order valence-corrected chi connectivity index (χ0v) is 9.85. The zero-order chi connectivity index (χ0) is 12.4. The quantitative estimate of drug-likeness (QED) is 0.604. The number of hydrogen-bond acceptors (Lipinski definition) is 3. The van der Waals surface area contributed by atoms with E-state index in [0.29, 0.717) is 18.9 Å². The van der Waals surface area contributed by atoms with Crippen LogP contribution < -0.4 is 10.6 Å². The predicted molar refractivity (Wildman–Crippen MR) is 62.3 cm³/mol. The number of nitrogens with one attached hydrogen (secondary N) is 2. The van der Waals surface area contributed by atoms with Crippen LogP contribution in [0.5, 0.6) is 0 Å². The fourth-order valence-electron chi connectivity index (χ4n) is 2.44. The molecule has 17 heavy (non-hydrogen) atoms. The molecule has 1 aliphatic carbocycles. The number of carboxylic acids is 1. The van der Waals surface area contributed by atoms with Gasteiger partial charge in [0.25, 0.3) is 0 Å². The van der Waals surface area contributed by atoms with Crippen molar-refractivity contribution in [3.05, 3.63) is 12.2 Å². The minimum Gasteiger partial charge on any atom is -0.481 e. The van der Waals surface area contributed by atoms with Crippen LogP contribution in [0.15, 0.2) is 12.2 Å². The Hall–Kier alpha value is -1.36. The molecule has 1 aliphatic heterocycles. The topological polar surface area (TPSA) is 78.4 Å². The van der Waals surface area contributed by atoms with Crippen LogP contribution in [0, 0.1) is 17.8 Å². The monoisotopic (exact) mass is 238 g/mol.